The molecule has 134 valence electrons. The SMILES string of the molecule is CN(Cc1ccc2ccccc2n1)C[C@@H]1CCN(C)[C@H]1c1cccnc1. The number of aromatic nitrogens is 2. The summed E-state index contributed by atoms with van der Waals surface area (Å²) in [4.78, 5) is 14.0. The highest BCUT2D eigenvalue weighted by atomic mass is 15.2. The first-order valence-electron chi connectivity index (χ1n) is 9.34. The molecule has 1 aliphatic heterocycles. The zero-order valence-corrected chi connectivity index (χ0v) is 15.5. The molecule has 0 saturated carbocycles. The van der Waals surface area contributed by atoms with Crippen molar-refractivity contribution in [2.24, 2.45) is 5.92 Å². The van der Waals surface area contributed by atoms with E-state index in [-0.39, 0.29) is 0 Å². The van der Waals surface area contributed by atoms with E-state index in [0.29, 0.717) is 12.0 Å². The minimum absolute atomic E-state index is 0.454. The highest BCUT2D eigenvalue weighted by Gasteiger charge is 2.33. The van der Waals surface area contributed by atoms with Gasteiger partial charge in [-0.15, -0.1) is 0 Å². The van der Waals surface area contributed by atoms with Gasteiger partial charge in [0.25, 0.3) is 0 Å². The number of rotatable bonds is 5. The molecule has 0 amide bonds. The molecule has 4 heteroatoms. The average Bonchev–Trinajstić information content (AvgIpc) is 3.02. The van der Waals surface area contributed by atoms with Crippen LogP contribution in [0.2, 0.25) is 0 Å². The van der Waals surface area contributed by atoms with Gasteiger partial charge in [0.1, 0.15) is 0 Å². The van der Waals surface area contributed by atoms with Gasteiger partial charge in [-0.3, -0.25) is 14.9 Å². The largest absolute Gasteiger partial charge is 0.300 e. The first kappa shape index (κ1) is 17.1. The number of hydrogen-bond acceptors (Lipinski definition) is 4. The lowest BCUT2D eigenvalue weighted by Crippen LogP contribution is -2.30. The molecule has 4 nitrogen and oxygen atoms in total. The fraction of sp³-hybridized carbons (Fsp3) is 0.364. The third-order valence-corrected chi connectivity index (χ3v) is 5.43. The molecule has 0 radical (unpaired) electrons. The van der Waals surface area contributed by atoms with Crippen molar-refractivity contribution < 1.29 is 0 Å². The molecule has 0 bridgehead atoms. The molecule has 0 unspecified atom stereocenters. The summed E-state index contributed by atoms with van der Waals surface area (Å²) in [5.41, 5.74) is 3.54. The van der Waals surface area contributed by atoms with E-state index in [1.807, 2.05) is 18.5 Å². The quantitative estimate of drug-likeness (QED) is 0.704. The van der Waals surface area contributed by atoms with Crippen LogP contribution in [0.4, 0.5) is 0 Å². The zero-order chi connectivity index (χ0) is 17.9. The molecule has 2 aromatic heterocycles. The van der Waals surface area contributed by atoms with Crippen molar-refractivity contribution >= 4 is 10.9 Å². The van der Waals surface area contributed by atoms with Gasteiger partial charge >= 0.3 is 0 Å². The highest BCUT2D eigenvalue weighted by Crippen LogP contribution is 2.36. The smallest absolute Gasteiger partial charge is 0.0705 e. The molecule has 1 aliphatic rings. The van der Waals surface area contributed by atoms with Crippen LogP contribution in [-0.4, -0.2) is 47.0 Å². The Bertz CT molecular complexity index is 864. The van der Waals surface area contributed by atoms with Crippen molar-refractivity contribution in [3.8, 4) is 0 Å². The lowest BCUT2D eigenvalue weighted by atomic mass is 9.94. The minimum atomic E-state index is 0.454. The summed E-state index contributed by atoms with van der Waals surface area (Å²) < 4.78 is 0. The van der Waals surface area contributed by atoms with Crippen molar-refractivity contribution in [3.05, 3.63) is 72.2 Å². The van der Waals surface area contributed by atoms with Crippen LogP contribution in [-0.2, 0) is 6.54 Å². The van der Waals surface area contributed by atoms with Gasteiger partial charge in [-0.05, 0) is 56.7 Å². The molecule has 26 heavy (non-hydrogen) atoms. The van der Waals surface area contributed by atoms with E-state index in [9.17, 15) is 0 Å². The van der Waals surface area contributed by atoms with Crippen molar-refractivity contribution in [1.29, 1.82) is 0 Å². The maximum Gasteiger partial charge on any atom is 0.0705 e. The summed E-state index contributed by atoms with van der Waals surface area (Å²) in [6, 6.07) is 17.3. The maximum absolute atomic E-state index is 4.82. The molecule has 0 aliphatic carbocycles. The Balaban J connectivity index is 1.45. The van der Waals surface area contributed by atoms with Crippen LogP contribution >= 0.6 is 0 Å². The van der Waals surface area contributed by atoms with Gasteiger partial charge in [-0.1, -0.05) is 30.3 Å². The van der Waals surface area contributed by atoms with Gasteiger partial charge in [0.2, 0.25) is 0 Å². The Labute approximate surface area is 155 Å². The molecule has 4 rings (SSSR count). The lowest BCUT2D eigenvalue weighted by molar-refractivity contribution is 0.212. The average molecular weight is 346 g/mol. The Morgan fingerprint density at radius 1 is 1.12 bits per heavy atom. The van der Waals surface area contributed by atoms with E-state index in [1.54, 1.807) is 0 Å². The Kier molecular flexibility index (Phi) is 4.96. The standard InChI is InChI=1S/C22H26N4/c1-25(16-20-10-9-17-6-3-4-8-21(17)24-20)15-19-11-13-26(2)22(19)18-7-5-12-23-14-18/h3-10,12,14,19,22H,11,13,15-16H2,1-2H3/t19-,22-/m0/s1. The number of nitrogens with zero attached hydrogens (tertiary/aromatic N) is 4. The molecular weight excluding hydrogens is 320 g/mol. The third kappa shape index (κ3) is 3.62. The van der Waals surface area contributed by atoms with E-state index < -0.39 is 0 Å². The fourth-order valence-electron chi connectivity index (χ4n) is 4.23. The van der Waals surface area contributed by atoms with Gasteiger partial charge in [0.15, 0.2) is 0 Å². The summed E-state index contributed by atoms with van der Waals surface area (Å²) in [5.74, 6) is 0.620. The summed E-state index contributed by atoms with van der Waals surface area (Å²) in [6.45, 7) is 3.09. The van der Waals surface area contributed by atoms with Gasteiger partial charge in [0.05, 0.1) is 11.2 Å². The molecule has 0 N–H and O–H groups in total. The van der Waals surface area contributed by atoms with E-state index in [0.717, 1.165) is 30.8 Å². The molecule has 2 atom stereocenters. The Hall–Kier alpha value is -2.30. The number of likely N-dealkylation sites (tertiary alicyclic amines) is 1. The van der Waals surface area contributed by atoms with Crippen molar-refractivity contribution in [2.75, 3.05) is 27.2 Å². The molecule has 1 fully saturated rings. The first-order chi connectivity index (χ1) is 12.7. The lowest BCUT2D eigenvalue weighted by Gasteiger charge is -2.28. The summed E-state index contributed by atoms with van der Waals surface area (Å²) in [7, 11) is 4.43. The van der Waals surface area contributed by atoms with E-state index >= 15 is 0 Å². The Morgan fingerprint density at radius 2 is 2.00 bits per heavy atom. The van der Waals surface area contributed by atoms with Crippen LogP contribution in [0, 0.1) is 5.92 Å². The molecular formula is C22H26N4. The van der Waals surface area contributed by atoms with Gasteiger partial charge < -0.3 is 4.90 Å². The second-order valence-electron chi connectivity index (χ2n) is 7.45. The van der Waals surface area contributed by atoms with Crippen LogP contribution in [0.5, 0.6) is 0 Å². The predicted molar refractivity (Wildman–Crippen MR) is 106 cm³/mol. The summed E-state index contributed by atoms with van der Waals surface area (Å²) in [5, 5.41) is 1.20. The molecule has 1 saturated heterocycles. The number of hydrogen-bond donors (Lipinski definition) is 0. The third-order valence-electron chi connectivity index (χ3n) is 5.43. The summed E-state index contributed by atoms with van der Waals surface area (Å²) >= 11 is 0. The van der Waals surface area contributed by atoms with Crippen LogP contribution in [0.15, 0.2) is 60.9 Å². The number of benzene rings is 1. The van der Waals surface area contributed by atoms with E-state index in [4.69, 9.17) is 4.98 Å². The predicted octanol–water partition coefficient (Wildman–Crippen LogP) is 3.75. The van der Waals surface area contributed by atoms with Gasteiger partial charge in [-0.2, -0.15) is 0 Å². The second-order valence-corrected chi connectivity index (χ2v) is 7.45. The molecule has 3 heterocycles. The molecule has 3 aromatic rings. The van der Waals surface area contributed by atoms with Gasteiger partial charge in [0, 0.05) is 36.9 Å². The fourth-order valence-corrected chi connectivity index (χ4v) is 4.23. The molecule has 1 aromatic carbocycles. The van der Waals surface area contributed by atoms with Crippen molar-refractivity contribution in [3.63, 3.8) is 0 Å². The van der Waals surface area contributed by atoms with Crippen LogP contribution < -0.4 is 0 Å². The number of para-hydroxylation sites is 1. The topological polar surface area (TPSA) is 32.3 Å². The molecule has 0 spiro atoms. The Morgan fingerprint density at radius 3 is 2.85 bits per heavy atom. The summed E-state index contributed by atoms with van der Waals surface area (Å²) in [6.07, 6.45) is 5.10. The van der Waals surface area contributed by atoms with Gasteiger partial charge in [-0.25, -0.2) is 0 Å². The number of pyridine rings is 2. The van der Waals surface area contributed by atoms with Crippen molar-refractivity contribution in [1.82, 2.24) is 19.8 Å². The minimum Gasteiger partial charge on any atom is -0.300 e. The number of fused-ring (bicyclic) bond motifs is 1. The van der Waals surface area contributed by atoms with E-state index in [1.165, 1.54) is 17.4 Å². The zero-order valence-electron chi connectivity index (χ0n) is 15.5. The van der Waals surface area contributed by atoms with Crippen LogP contribution in [0.25, 0.3) is 10.9 Å². The van der Waals surface area contributed by atoms with Crippen LogP contribution in [0.1, 0.15) is 23.7 Å². The van der Waals surface area contributed by atoms with Crippen LogP contribution in [0.3, 0.4) is 0 Å². The second kappa shape index (κ2) is 7.52. The maximum atomic E-state index is 4.82. The highest BCUT2D eigenvalue weighted by molar-refractivity contribution is 5.78. The van der Waals surface area contributed by atoms with E-state index in [2.05, 4.69) is 71.3 Å². The normalized spacial score (nSPS) is 20.9. The first-order valence-corrected chi connectivity index (χ1v) is 9.34. The monoisotopic (exact) mass is 346 g/mol. The van der Waals surface area contributed by atoms with Crippen molar-refractivity contribution in [2.45, 2.75) is 19.0 Å².